The number of piperazine rings is 1. The molecule has 160 valence electrons. The van der Waals surface area contributed by atoms with Gasteiger partial charge in [0.05, 0.1) is 0 Å². The molecule has 1 fully saturated rings. The highest BCUT2D eigenvalue weighted by Crippen LogP contribution is 2.27. The van der Waals surface area contributed by atoms with Crippen LogP contribution >= 0.6 is 11.6 Å². The predicted molar refractivity (Wildman–Crippen MR) is 122 cm³/mol. The van der Waals surface area contributed by atoms with Crippen LogP contribution in [0, 0.1) is 13.8 Å². The van der Waals surface area contributed by atoms with E-state index in [0.717, 1.165) is 22.5 Å². The third-order valence-electron chi connectivity index (χ3n) is 5.49. The fourth-order valence-electron chi connectivity index (χ4n) is 3.69. The summed E-state index contributed by atoms with van der Waals surface area (Å²) in [6, 6.07) is 15.1. The van der Waals surface area contributed by atoms with Gasteiger partial charge in [0.15, 0.2) is 0 Å². The van der Waals surface area contributed by atoms with Crippen molar-refractivity contribution in [2.75, 3.05) is 24.5 Å². The normalized spacial score (nSPS) is 16.3. The minimum atomic E-state index is 0.0563. The highest BCUT2D eigenvalue weighted by molar-refractivity contribution is 6.31. The largest absolute Gasteiger partial charge is 0.439 e. The van der Waals surface area contributed by atoms with Crippen LogP contribution in [-0.2, 0) is 0 Å². The predicted octanol–water partition coefficient (Wildman–Crippen LogP) is 4.89. The molecule has 1 aromatic heterocycles. The summed E-state index contributed by atoms with van der Waals surface area (Å²) in [6.45, 7) is 8.02. The summed E-state index contributed by atoms with van der Waals surface area (Å²) in [5.74, 6) is 1.99. The maximum Gasteiger partial charge on any atom is 0.254 e. The summed E-state index contributed by atoms with van der Waals surface area (Å²) < 4.78 is 5.90. The molecule has 3 aromatic rings. The Labute approximate surface area is 187 Å². The summed E-state index contributed by atoms with van der Waals surface area (Å²) in [7, 11) is 0. The van der Waals surface area contributed by atoms with Crippen LogP contribution in [-0.4, -0.2) is 46.5 Å². The van der Waals surface area contributed by atoms with Gasteiger partial charge in [0.2, 0.25) is 5.88 Å². The molecular formula is C24H25ClN4O2. The fraction of sp³-hybridized carbons (Fsp3) is 0.292. The Kier molecular flexibility index (Phi) is 6.09. The number of anilines is 1. The first-order valence-corrected chi connectivity index (χ1v) is 10.7. The van der Waals surface area contributed by atoms with Crippen LogP contribution in [0.5, 0.6) is 11.6 Å². The van der Waals surface area contributed by atoms with E-state index in [-0.39, 0.29) is 11.9 Å². The smallest absolute Gasteiger partial charge is 0.254 e. The number of halogens is 1. The van der Waals surface area contributed by atoms with Crippen LogP contribution in [0.25, 0.3) is 0 Å². The summed E-state index contributed by atoms with van der Waals surface area (Å²) in [4.78, 5) is 25.7. The van der Waals surface area contributed by atoms with Crippen LogP contribution in [0.1, 0.15) is 28.4 Å². The number of ether oxygens (including phenoxy) is 1. The van der Waals surface area contributed by atoms with Crippen molar-refractivity contribution in [3.8, 4) is 11.6 Å². The monoisotopic (exact) mass is 436 g/mol. The van der Waals surface area contributed by atoms with Crippen molar-refractivity contribution in [1.82, 2.24) is 14.9 Å². The van der Waals surface area contributed by atoms with Gasteiger partial charge in [0.1, 0.15) is 17.9 Å². The van der Waals surface area contributed by atoms with Gasteiger partial charge in [0, 0.05) is 42.3 Å². The van der Waals surface area contributed by atoms with Gasteiger partial charge in [0.25, 0.3) is 5.91 Å². The van der Waals surface area contributed by atoms with Crippen LogP contribution < -0.4 is 9.64 Å². The van der Waals surface area contributed by atoms with Crippen molar-refractivity contribution in [1.29, 1.82) is 0 Å². The molecule has 0 radical (unpaired) electrons. The van der Waals surface area contributed by atoms with Gasteiger partial charge in [-0.05, 0) is 56.7 Å². The quantitative estimate of drug-likeness (QED) is 0.582. The molecule has 0 saturated carbocycles. The molecule has 2 heterocycles. The van der Waals surface area contributed by atoms with E-state index in [1.54, 1.807) is 6.07 Å². The molecule has 0 unspecified atom stereocenters. The van der Waals surface area contributed by atoms with Crippen LogP contribution in [0.3, 0.4) is 0 Å². The van der Waals surface area contributed by atoms with E-state index in [9.17, 15) is 4.79 Å². The van der Waals surface area contributed by atoms with E-state index in [2.05, 4.69) is 21.8 Å². The Morgan fingerprint density at radius 2 is 1.84 bits per heavy atom. The Morgan fingerprint density at radius 3 is 2.55 bits per heavy atom. The average molecular weight is 437 g/mol. The molecule has 2 aromatic carbocycles. The lowest BCUT2D eigenvalue weighted by atomic mass is 10.1. The first kappa shape index (κ1) is 21.1. The molecule has 1 amide bonds. The Bertz CT molecular complexity index is 1090. The Morgan fingerprint density at radius 1 is 1.06 bits per heavy atom. The maximum absolute atomic E-state index is 12.9. The van der Waals surface area contributed by atoms with Crippen molar-refractivity contribution in [2.24, 2.45) is 0 Å². The highest BCUT2D eigenvalue weighted by Gasteiger charge is 2.29. The first-order valence-electron chi connectivity index (χ1n) is 10.3. The van der Waals surface area contributed by atoms with Gasteiger partial charge in [-0.2, -0.15) is 0 Å². The number of hydrogen-bond donors (Lipinski definition) is 0. The number of carbonyl (C=O) groups excluding carboxylic acids is 1. The molecule has 0 aliphatic carbocycles. The lowest BCUT2D eigenvalue weighted by molar-refractivity contribution is 0.0673. The van der Waals surface area contributed by atoms with Crippen LogP contribution in [0.2, 0.25) is 5.02 Å². The maximum atomic E-state index is 12.9. The van der Waals surface area contributed by atoms with Crippen LogP contribution in [0.15, 0.2) is 54.9 Å². The number of nitrogens with zero attached hydrogens (tertiary/aromatic N) is 4. The van der Waals surface area contributed by atoms with E-state index in [4.69, 9.17) is 16.3 Å². The summed E-state index contributed by atoms with van der Waals surface area (Å²) in [6.07, 6.45) is 1.50. The zero-order valence-corrected chi connectivity index (χ0v) is 18.6. The summed E-state index contributed by atoms with van der Waals surface area (Å²) in [5, 5.41) is 0.697. The fourth-order valence-corrected chi connectivity index (χ4v) is 3.81. The molecule has 0 bridgehead atoms. The molecule has 1 saturated heterocycles. The van der Waals surface area contributed by atoms with Crippen molar-refractivity contribution in [2.45, 2.75) is 26.8 Å². The third kappa shape index (κ3) is 4.80. The summed E-state index contributed by atoms with van der Waals surface area (Å²) >= 11 is 6.09. The molecule has 6 nitrogen and oxygen atoms in total. The number of benzene rings is 2. The van der Waals surface area contributed by atoms with Crippen LogP contribution in [0.4, 0.5) is 5.82 Å². The van der Waals surface area contributed by atoms with Crippen molar-refractivity contribution >= 4 is 23.3 Å². The molecule has 1 aliphatic rings. The second kappa shape index (κ2) is 8.94. The topological polar surface area (TPSA) is 58.6 Å². The van der Waals surface area contributed by atoms with Gasteiger partial charge in [-0.15, -0.1) is 0 Å². The molecule has 31 heavy (non-hydrogen) atoms. The molecule has 7 heteroatoms. The third-order valence-corrected chi connectivity index (χ3v) is 5.91. The standard InChI is InChI=1S/C24H25ClN4O2/c1-16-4-6-19(7-5-16)24(30)29-11-10-28(14-18(29)3)22-13-23(27-15-26-22)31-20-8-9-21(25)17(2)12-20/h4-9,12-13,15,18H,10-11,14H2,1-3H3/t18-/m1/s1. The highest BCUT2D eigenvalue weighted by atomic mass is 35.5. The minimum absolute atomic E-state index is 0.0563. The average Bonchev–Trinajstić information content (AvgIpc) is 2.76. The lowest BCUT2D eigenvalue weighted by Crippen LogP contribution is -2.54. The lowest BCUT2D eigenvalue weighted by Gasteiger charge is -2.40. The van der Waals surface area contributed by atoms with Gasteiger partial charge in [-0.1, -0.05) is 29.3 Å². The zero-order chi connectivity index (χ0) is 22.0. The first-order chi connectivity index (χ1) is 14.9. The zero-order valence-electron chi connectivity index (χ0n) is 17.9. The minimum Gasteiger partial charge on any atom is -0.439 e. The number of aromatic nitrogens is 2. The van der Waals surface area contributed by atoms with E-state index in [1.165, 1.54) is 6.33 Å². The van der Waals surface area contributed by atoms with Crippen molar-refractivity contribution < 1.29 is 9.53 Å². The van der Waals surface area contributed by atoms with E-state index in [1.807, 2.05) is 61.2 Å². The number of hydrogen-bond acceptors (Lipinski definition) is 5. The summed E-state index contributed by atoms with van der Waals surface area (Å²) in [5.41, 5.74) is 2.81. The molecule has 4 rings (SSSR count). The number of aryl methyl sites for hydroxylation is 2. The van der Waals surface area contributed by atoms with E-state index >= 15 is 0 Å². The van der Waals surface area contributed by atoms with Gasteiger partial charge in [-0.25, -0.2) is 9.97 Å². The Balaban J connectivity index is 1.44. The number of carbonyl (C=O) groups is 1. The van der Waals surface area contributed by atoms with Crippen molar-refractivity contribution in [3.05, 3.63) is 76.6 Å². The van der Waals surface area contributed by atoms with Gasteiger partial charge in [-0.3, -0.25) is 4.79 Å². The molecule has 0 N–H and O–H groups in total. The molecule has 1 aliphatic heterocycles. The van der Waals surface area contributed by atoms with E-state index < -0.39 is 0 Å². The van der Waals surface area contributed by atoms with Gasteiger partial charge >= 0.3 is 0 Å². The Hall–Kier alpha value is -3.12. The second-order valence-corrected chi connectivity index (χ2v) is 8.29. The van der Waals surface area contributed by atoms with Crippen molar-refractivity contribution in [3.63, 3.8) is 0 Å². The van der Waals surface area contributed by atoms with Gasteiger partial charge < -0.3 is 14.5 Å². The second-order valence-electron chi connectivity index (χ2n) is 7.89. The number of amides is 1. The molecule has 0 spiro atoms. The SMILES string of the molecule is Cc1ccc(C(=O)N2CCN(c3cc(Oc4ccc(Cl)c(C)c4)ncn3)C[C@H]2C)cc1. The molecular weight excluding hydrogens is 412 g/mol. The number of rotatable bonds is 4. The van der Waals surface area contributed by atoms with E-state index in [0.29, 0.717) is 36.3 Å². The molecule has 1 atom stereocenters.